The number of carbonyl (C=O) groups is 2. The molecule has 6 nitrogen and oxygen atoms in total. The highest BCUT2D eigenvalue weighted by Gasteiger charge is 2.32. The van der Waals surface area contributed by atoms with Crippen molar-refractivity contribution in [3.63, 3.8) is 0 Å². The average molecular weight is 379 g/mol. The highest BCUT2D eigenvalue weighted by atomic mass is 35.5. The summed E-state index contributed by atoms with van der Waals surface area (Å²) in [5.41, 5.74) is 6.15. The molecule has 0 aromatic carbocycles. The van der Waals surface area contributed by atoms with Crippen LogP contribution in [0, 0.1) is 5.41 Å². The maximum atomic E-state index is 12.2. The van der Waals surface area contributed by atoms with Crippen LogP contribution in [-0.2, 0) is 16.1 Å². The van der Waals surface area contributed by atoms with Crippen molar-refractivity contribution in [2.45, 2.75) is 39.7 Å². The van der Waals surface area contributed by atoms with Gasteiger partial charge in [0.05, 0.1) is 5.41 Å². The van der Waals surface area contributed by atoms with E-state index in [4.69, 9.17) is 5.73 Å². The molecule has 0 radical (unpaired) electrons. The van der Waals surface area contributed by atoms with Crippen molar-refractivity contribution < 1.29 is 9.59 Å². The van der Waals surface area contributed by atoms with E-state index in [0.29, 0.717) is 32.5 Å². The molecular weight excluding hydrogens is 351 g/mol. The van der Waals surface area contributed by atoms with Crippen molar-refractivity contribution in [3.05, 3.63) is 30.1 Å². The number of hydrogen-bond donors (Lipinski definition) is 3. The van der Waals surface area contributed by atoms with Gasteiger partial charge in [-0.15, -0.1) is 24.8 Å². The summed E-state index contributed by atoms with van der Waals surface area (Å²) < 4.78 is 0. The fourth-order valence-electron chi connectivity index (χ4n) is 2.22. The minimum absolute atomic E-state index is 0. The van der Waals surface area contributed by atoms with E-state index in [2.05, 4.69) is 15.6 Å². The smallest absolute Gasteiger partial charge is 0.227 e. The number of nitrogens with one attached hydrogen (secondary N) is 2. The van der Waals surface area contributed by atoms with E-state index in [0.717, 1.165) is 5.56 Å². The van der Waals surface area contributed by atoms with Crippen LogP contribution in [0.3, 0.4) is 0 Å². The molecule has 0 saturated heterocycles. The second-order valence-electron chi connectivity index (χ2n) is 5.34. The van der Waals surface area contributed by atoms with Crippen molar-refractivity contribution in [2.75, 3.05) is 13.1 Å². The van der Waals surface area contributed by atoms with Gasteiger partial charge in [0.15, 0.2) is 0 Å². The molecule has 4 N–H and O–H groups in total. The number of amides is 2. The monoisotopic (exact) mass is 378 g/mol. The van der Waals surface area contributed by atoms with Crippen LogP contribution in [0.4, 0.5) is 0 Å². The number of halogens is 2. The maximum Gasteiger partial charge on any atom is 0.227 e. The van der Waals surface area contributed by atoms with E-state index in [1.165, 1.54) is 0 Å². The lowest BCUT2D eigenvalue weighted by Gasteiger charge is -2.28. The summed E-state index contributed by atoms with van der Waals surface area (Å²) in [6, 6.07) is 3.72. The van der Waals surface area contributed by atoms with Gasteiger partial charge in [0.2, 0.25) is 11.8 Å². The lowest BCUT2D eigenvalue weighted by Crippen LogP contribution is -2.46. The Morgan fingerprint density at radius 3 is 2.38 bits per heavy atom. The highest BCUT2D eigenvalue weighted by molar-refractivity contribution is 5.85. The van der Waals surface area contributed by atoms with Gasteiger partial charge >= 0.3 is 0 Å². The second-order valence-corrected chi connectivity index (χ2v) is 5.34. The summed E-state index contributed by atoms with van der Waals surface area (Å²) in [5, 5.41) is 5.61. The Hall–Kier alpha value is -1.37. The zero-order valence-corrected chi connectivity index (χ0v) is 15.8. The highest BCUT2D eigenvalue weighted by Crippen LogP contribution is 2.24. The molecule has 1 aromatic rings. The Morgan fingerprint density at radius 2 is 1.88 bits per heavy atom. The van der Waals surface area contributed by atoms with Gasteiger partial charge < -0.3 is 16.4 Å². The first-order valence-corrected chi connectivity index (χ1v) is 7.72. The molecule has 0 spiro atoms. The molecule has 0 atom stereocenters. The zero-order chi connectivity index (χ0) is 16.4. The molecule has 0 aliphatic rings. The molecule has 1 heterocycles. The fraction of sp³-hybridized carbons (Fsp3) is 0.562. The third-order valence-corrected chi connectivity index (χ3v) is 4.08. The SMILES string of the molecule is CCC(CC)(CN)C(=O)NCCC(=O)NCc1cccnc1.Cl.Cl. The molecule has 0 aliphatic heterocycles. The number of aromatic nitrogens is 1. The van der Waals surface area contributed by atoms with Crippen LogP contribution in [-0.4, -0.2) is 29.9 Å². The van der Waals surface area contributed by atoms with E-state index >= 15 is 0 Å². The van der Waals surface area contributed by atoms with E-state index < -0.39 is 5.41 Å². The minimum atomic E-state index is -0.522. The first kappa shape index (κ1) is 24.9. The zero-order valence-electron chi connectivity index (χ0n) is 14.2. The molecule has 0 fully saturated rings. The molecule has 2 amide bonds. The quantitative estimate of drug-likeness (QED) is 0.610. The van der Waals surface area contributed by atoms with Crippen LogP contribution < -0.4 is 16.4 Å². The van der Waals surface area contributed by atoms with Gasteiger partial charge in [-0.25, -0.2) is 0 Å². The minimum Gasteiger partial charge on any atom is -0.355 e. The third-order valence-electron chi connectivity index (χ3n) is 4.08. The molecular formula is C16H28Cl2N4O2. The summed E-state index contributed by atoms with van der Waals surface area (Å²) >= 11 is 0. The summed E-state index contributed by atoms with van der Waals surface area (Å²) in [6.07, 6.45) is 5.03. The standard InChI is InChI=1S/C16H26N4O2.2ClH/c1-3-16(4-2,12-17)15(22)19-9-7-14(21)20-11-13-6-5-8-18-10-13;;/h5-6,8,10H,3-4,7,9,11-12,17H2,1-2H3,(H,19,22)(H,20,21);2*1H. The number of pyridine rings is 1. The lowest BCUT2D eigenvalue weighted by molar-refractivity contribution is -0.131. The first-order chi connectivity index (χ1) is 10.6. The number of nitrogens with two attached hydrogens (primary N) is 1. The van der Waals surface area contributed by atoms with Gasteiger partial charge in [-0.1, -0.05) is 19.9 Å². The molecule has 138 valence electrons. The Kier molecular flexibility index (Phi) is 13.5. The Bertz CT molecular complexity index is 474. The van der Waals surface area contributed by atoms with Crippen LogP contribution in [0.1, 0.15) is 38.7 Å². The van der Waals surface area contributed by atoms with Crippen molar-refractivity contribution in [3.8, 4) is 0 Å². The first-order valence-electron chi connectivity index (χ1n) is 7.72. The summed E-state index contributed by atoms with van der Waals surface area (Å²) in [4.78, 5) is 27.9. The predicted octanol–water partition coefficient (Wildman–Crippen LogP) is 1.81. The molecule has 24 heavy (non-hydrogen) atoms. The Morgan fingerprint density at radius 1 is 1.21 bits per heavy atom. The molecule has 1 aromatic heterocycles. The molecule has 0 bridgehead atoms. The largest absolute Gasteiger partial charge is 0.355 e. The van der Waals surface area contributed by atoms with Crippen molar-refractivity contribution >= 4 is 36.6 Å². The Balaban J connectivity index is 0. The van der Waals surface area contributed by atoms with Crippen LogP contribution in [0.5, 0.6) is 0 Å². The molecule has 8 heteroatoms. The number of hydrogen-bond acceptors (Lipinski definition) is 4. The van der Waals surface area contributed by atoms with Crippen molar-refractivity contribution in [1.82, 2.24) is 15.6 Å². The number of rotatable bonds is 9. The van der Waals surface area contributed by atoms with Crippen LogP contribution in [0.2, 0.25) is 0 Å². The van der Waals surface area contributed by atoms with Crippen molar-refractivity contribution in [2.24, 2.45) is 11.1 Å². The van der Waals surface area contributed by atoms with Gasteiger partial charge in [-0.3, -0.25) is 14.6 Å². The molecule has 0 aliphatic carbocycles. The van der Waals surface area contributed by atoms with E-state index in [1.54, 1.807) is 12.4 Å². The van der Waals surface area contributed by atoms with Crippen LogP contribution in [0.15, 0.2) is 24.5 Å². The molecule has 0 saturated carbocycles. The summed E-state index contributed by atoms with van der Waals surface area (Å²) in [5.74, 6) is -0.171. The fourth-order valence-corrected chi connectivity index (χ4v) is 2.22. The normalized spacial score (nSPS) is 10.1. The topological polar surface area (TPSA) is 97.1 Å². The third kappa shape index (κ3) is 7.47. The number of carbonyl (C=O) groups excluding carboxylic acids is 2. The van der Waals surface area contributed by atoms with E-state index in [1.807, 2.05) is 26.0 Å². The Labute approximate surface area is 156 Å². The molecule has 0 unspecified atom stereocenters. The van der Waals surface area contributed by atoms with Crippen LogP contribution >= 0.6 is 24.8 Å². The summed E-state index contributed by atoms with van der Waals surface area (Å²) in [7, 11) is 0. The van der Waals surface area contributed by atoms with Gasteiger partial charge in [0.1, 0.15) is 0 Å². The lowest BCUT2D eigenvalue weighted by atomic mass is 9.81. The van der Waals surface area contributed by atoms with E-state index in [-0.39, 0.29) is 43.0 Å². The van der Waals surface area contributed by atoms with Gasteiger partial charge in [-0.05, 0) is 24.5 Å². The van der Waals surface area contributed by atoms with Gasteiger partial charge in [0, 0.05) is 38.4 Å². The second kappa shape index (κ2) is 13.0. The van der Waals surface area contributed by atoms with Crippen LogP contribution in [0.25, 0.3) is 0 Å². The van der Waals surface area contributed by atoms with E-state index in [9.17, 15) is 9.59 Å². The van der Waals surface area contributed by atoms with Gasteiger partial charge in [0.25, 0.3) is 0 Å². The predicted molar refractivity (Wildman–Crippen MR) is 100 cm³/mol. The van der Waals surface area contributed by atoms with Gasteiger partial charge in [-0.2, -0.15) is 0 Å². The number of nitrogens with zero attached hydrogens (tertiary/aromatic N) is 1. The van der Waals surface area contributed by atoms with Crippen molar-refractivity contribution in [1.29, 1.82) is 0 Å². The summed E-state index contributed by atoms with van der Waals surface area (Å²) in [6.45, 7) is 4.99. The molecule has 1 rings (SSSR count). The average Bonchev–Trinajstić information content (AvgIpc) is 2.56. The maximum absolute atomic E-state index is 12.2.